The summed E-state index contributed by atoms with van der Waals surface area (Å²) >= 11 is 5.95. The molecule has 130 valence electrons. The van der Waals surface area contributed by atoms with Crippen LogP contribution >= 0.6 is 11.6 Å². The van der Waals surface area contributed by atoms with Gasteiger partial charge >= 0.3 is 5.97 Å². The first kappa shape index (κ1) is 17.2. The second kappa shape index (κ2) is 6.73. The molecule has 3 rings (SSSR count). The predicted molar refractivity (Wildman–Crippen MR) is 92.2 cm³/mol. The van der Waals surface area contributed by atoms with Gasteiger partial charge in [0.05, 0.1) is 12.0 Å². The number of amides is 1. The summed E-state index contributed by atoms with van der Waals surface area (Å²) < 4.78 is 0. The van der Waals surface area contributed by atoms with Crippen molar-refractivity contribution in [2.45, 2.75) is 37.1 Å². The number of hydrogen-bond acceptors (Lipinski definition) is 3. The third kappa shape index (κ3) is 3.42. The van der Waals surface area contributed by atoms with E-state index in [0.717, 1.165) is 31.2 Å². The summed E-state index contributed by atoms with van der Waals surface area (Å²) in [5, 5.41) is 9.58. The molecule has 24 heavy (non-hydrogen) atoms. The molecule has 0 aromatic heterocycles. The van der Waals surface area contributed by atoms with Crippen molar-refractivity contribution < 1.29 is 14.7 Å². The van der Waals surface area contributed by atoms with E-state index in [9.17, 15) is 9.59 Å². The fourth-order valence-electron chi connectivity index (χ4n) is 3.67. The van der Waals surface area contributed by atoms with Crippen LogP contribution in [-0.4, -0.2) is 59.5 Å². The monoisotopic (exact) mass is 350 g/mol. The number of likely N-dealkylation sites (tertiary alicyclic amines) is 1. The fraction of sp³-hybridized carbons (Fsp3) is 0.556. The number of carbonyl (C=O) groups excluding carboxylic acids is 1. The summed E-state index contributed by atoms with van der Waals surface area (Å²) in [6, 6.07) is 7.84. The quantitative estimate of drug-likeness (QED) is 0.885. The summed E-state index contributed by atoms with van der Waals surface area (Å²) in [5.74, 6) is -0.597. The van der Waals surface area contributed by atoms with Gasteiger partial charge in [0.25, 0.3) is 0 Å². The normalized spacial score (nSPS) is 20.2. The molecule has 2 aliphatic rings. The number of likely N-dealkylation sites (N-methyl/N-ethyl adjacent to an activating group) is 1. The smallest absolute Gasteiger partial charge is 0.317 e. The van der Waals surface area contributed by atoms with Gasteiger partial charge in [0, 0.05) is 24.2 Å². The Morgan fingerprint density at radius 3 is 2.33 bits per heavy atom. The zero-order valence-electron chi connectivity index (χ0n) is 13.9. The van der Waals surface area contributed by atoms with E-state index in [0.29, 0.717) is 18.1 Å². The maximum atomic E-state index is 13.0. The number of carbonyl (C=O) groups is 2. The highest BCUT2D eigenvalue weighted by Crippen LogP contribution is 2.50. The van der Waals surface area contributed by atoms with Crippen LogP contribution in [0.25, 0.3) is 0 Å². The second-order valence-electron chi connectivity index (χ2n) is 6.92. The van der Waals surface area contributed by atoms with Gasteiger partial charge in [0.1, 0.15) is 0 Å². The topological polar surface area (TPSA) is 60.9 Å². The Bertz CT molecular complexity index is 620. The van der Waals surface area contributed by atoms with Gasteiger partial charge in [0.15, 0.2) is 0 Å². The summed E-state index contributed by atoms with van der Waals surface area (Å²) in [7, 11) is 1.84. The van der Waals surface area contributed by atoms with E-state index in [4.69, 9.17) is 16.7 Å². The summed E-state index contributed by atoms with van der Waals surface area (Å²) in [4.78, 5) is 27.7. The molecule has 5 nitrogen and oxygen atoms in total. The van der Waals surface area contributed by atoms with Gasteiger partial charge < -0.3 is 10.0 Å². The molecular weight excluding hydrogens is 328 g/mol. The van der Waals surface area contributed by atoms with Crippen molar-refractivity contribution >= 4 is 23.5 Å². The lowest BCUT2D eigenvalue weighted by atomic mass is 9.92. The van der Waals surface area contributed by atoms with Crippen molar-refractivity contribution in [3.63, 3.8) is 0 Å². The lowest BCUT2D eigenvalue weighted by molar-refractivity contribution is -0.140. The van der Waals surface area contributed by atoms with Gasteiger partial charge in [-0.3, -0.25) is 14.5 Å². The van der Waals surface area contributed by atoms with Gasteiger partial charge in [-0.2, -0.15) is 0 Å². The van der Waals surface area contributed by atoms with Crippen LogP contribution in [0.15, 0.2) is 24.3 Å². The van der Waals surface area contributed by atoms with E-state index in [1.807, 2.05) is 41.1 Å². The standard InChI is InChI=1S/C18H23ClN2O3/c1-20(12-16(22)23)15-6-10-21(11-7-15)17(24)18(8-9-18)13-2-4-14(19)5-3-13/h2-5,15H,6-12H2,1H3,(H,22,23). The molecule has 0 atom stereocenters. The molecule has 1 saturated carbocycles. The number of nitrogens with zero attached hydrogens (tertiary/aromatic N) is 2. The summed E-state index contributed by atoms with van der Waals surface area (Å²) in [6.07, 6.45) is 3.44. The van der Waals surface area contributed by atoms with Crippen LogP contribution < -0.4 is 0 Å². The zero-order valence-corrected chi connectivity index (χ0v) is 14.6. The number of carboxylic acids is 1. The number of hydrogen-bond donors (Lipinski definition) is 1. The average molecular weight is 351 g/mol. The molecule has 1 heterocycles. The largest absolute Gasteiger partial charge is 0.480 e. The van der Waals surface area contributed by atoms with E-state index in [1.165, 1.54) is 0 Å². The minimum atomic E-state index is -0.810. The molecule has 1 saturated heterocycles. The Labute approximate surface area is 147 Å². The first-order valence-electron chi connectivity index (χ1n) is 8.40. The summed E-state index contributed by atoms with van der Waals surface area (Å²) in [6.45, 7) is 1.44. The molecule has 1 aliphatic heterocycles. The number of piperidine rings is 1. The van der Waals surface area contributed by atoms with Gasteiger partial charge in [-0.25, -0.2) is 0 Å². The molecule has 0 radical (unpaired) electrons. The Morgan fingerprint density at radius 2 is 1.83 bits per heavy atom. The van der Waals surface area contributed by atoms with Crippen LogP contribution in [0.3, 0.4) is 0 Å². The molecule has 1 amide bonds. The van der Waals surface area contributed by atoms with Crippen molar-refractivity contribution in [2.24, 2.45) is 0 Å². The Morgan fingerprint density at radius 1 is 1.25 bits per heavy atom. The van der Waals surface area contributed by atoms with Crippen LogP contribution in [-0.2, 0) is 15.0 Å². The average Bonchev–Trinajstić information content (AvgIpc) is 3.36. The molecule has 0 spiro atoms. The second-order valence-corrected chi connectivity index (χ2v) is 7.36. The third-order valence-corrected chi connectivity index (χ3v) is 5.57. The van der Waals surface area contributed by atoms with Gasteiger partial charge in [0.2, 0.25) is 5.91 Å². The number of benzene rings is 1. The first-order chi connectivity index (χ1) is 11.4. The van der Waals surface area contributed by atoms with Crippen LogP contribution in [0.2, 0.25) is 5.02 Å². The van der Waals surface area contributed by atoms with Crippen molar-refractivity contribution in [1.82, 2.24) is 9.80 Å². The number of rotatable bonds is 5. The predicted octanol–water partition coefficient (Wildman–Crippen LogP) is 2.38. The molecule has 6 heteroatoms. The van der Waals surface area contributed by atoms with Crippen LogP contribution in [0, 0.1) is 0 Å². The number of carboxylic acid groups (broad SMARTS) is 1. The van der Waals surface area contributed by atoms with Gasteiger partial charge in [-0.05, 0) is 50.4 Å². The van der Waals surface area contributed by atoms with Crippen LogP contribution in [0.5, 0.6) is 0 Å². The SMILES string of the molecule is CN(CC(=O)O)C1CCN(C(=O)C2(c3ccc(Cl)cc3)CC2)CC1. The summed E-state index contributed by atoms with van der Waals surface area (Å²) in [5.41, 5.74) is 0.701. The van der Waals surface area contributed by atoms with Crippen molar-refractivity contribution in [3.8, 4) is 0 Å². The molecule has 2 fully saturated rings. The van der Waals surface area contributed by atoms with Gasteiger partial charge in [-0.15, -0.1) is 0 Å². The number of aliphatic carboxylic acids is 1. The fourth-order valence-corrected chi connectivity index (χ4v) is 3.80. The molecule has 1 aromatic rings. The first-order valence-corrected chi connectivity index (χ1v) is 8.78. The zero-order chi connectivity index (χ0) is 17.3. The van der Waals surface area contributed by atoms with E-state index in [1.54, 1.807) is 0 Å². The minimum Gasteiger partial charge on any atom is -0.480 e. The Balaban J connectivity index is 1.61. The van der Waals surface area contributed by atoms with E-state index in [-0.39, 0.29) is 23.9 Å². The highest BCUT2D eigenvalue weighted by molar-refractivity contribution is 6.30. The molecule has 1 aliphatic carbocycles. The van der Waals surface area contributed by atoms with E-state index >= 15 is 0 Å². The van der Waals surface area contributed by atoms with Crippen LogP contribution in [0.1, 0.15) is 31.2 Å². The van der Waals surface area contributed by atoms with E-state index < -0.39 is 5.97 Å². The van der Waals surface area contributed by atoms with E-state index in [2.05, 4.69) is 0 Å². The van der Waals surface area contributed by atoms with Crippen molar-refractivity contribution in [2.75, 3.05) is 26.7 Å². The maximum Gasteiger partial charge on any atom is 0.317 e. The molecule has 1 aromatic carbocycles. The molecule has 0 unspecified atom stereocenters. The Kier molecular flexibility index (Phi) is 4.83. The minimum absolute atomic E-state index is 0.0489. The highest BCUT2D eigenvalue weighted by atomic mass is 35.5. The lowest BCUT2D eigenvalue weighted by Crippen LogP contribution is -2.49. The van der Waals surface area contributed by atoms with Crippen molar-refractivity contribution in [1.29, 1.82) is 0 Å². The molecule has 1 N–H and O–H groups in total. The number of halogens is 1. The van der Waals surface area contributed by atoms with Crippen LogP contribution in [0.4, 0.5) is 0 Å². The molecule has 0 bridgehead atoms. The highest BCUT2D eigenvalue weighted by Gasteiger charge is 2.53. The third-order valence-electron chi connectivity index (χ3n) is 5.32. The lowest BCUT2D eigenvalue weighted by Gasteiger charge is -2.37. The maximum absolute atomic E-state index is 13.0. The Hall–Kier alpha value is -1.59. The van der Waals surface area contributed by atoms with Gasteiger partial charge in [-0.1, -0.05) is 23.7 Å². The van der Waals surface area contributed by atoms with Crippen molar-refractivity contribution in [3.05, 3.63) is 34.9 Å². The molecular formula is C18H23ClN2O3.